The van der Waals surface area contributed by atoms with E-state index in [2.05, 4.69) is 35.8 Å². The van der Waals surface area contributed by atoms with Gasteiger partial charge in [0.1, 0.15) is 4.88 Å². The van der Waals surface area contributed by atoms with Gasteiger partial charge in [0.15, 0.2) is 0 Å². The molecule has 7 heteroatoms. The Bertz CT molecular complexity index is 570. The molecular weight excluding hydrogens is 316 g/mol. The van der Waals surface area contributed by atoms with Crippen LogP contribution >= 0.6 is 27.5 Å². The summed E-state index contributed by atoms with van der Waals surface area (Å²) >= 11 is 4.41. The van der Waals surface area contributed by atoms with E-state index in [0.29, 0.717) is 10.6 Å². The summed E-state index contributed by atoms with van der Waals surface area (Å²) in [7, 11) is 0. The molecule has 0 radical (unpaired) electrons. The number of nitrogens with one attached hydrogen (secondary N) is 1. The van der Waals surface area contributed by atoms with E-state index in [1.165, 1.54) is 0 Å². The largest absolute Gasteiger partial charge is 0.320 e. The molecule has 5 nitrogen and oxygen atoms in total. The number of aromatic nitrogens is 3. The molecule has 2 rings (SSSR count). The van der Waals surface area contributed by atoms with Crippen LogP contribution in [0.4, 0.5) is 5.69 Å². The van der Waals surface area contributed by atoms with Crippen LogP contribution in [0.2, 0.25) is 0 Å². The first kappa shape index (κ1) is 13.1. The van der Waals surface area contributed by atoms with Crippen molar-refractivity contribution in [3.05, 3.63) is 33.5 Å². The van der Waals surface area contributed by atoms with Crippen LogP contribution in [0.5, 0.6) is 0 Å². The van der Waals surface area contributed by atoms with E-state index >= 15 is 0 Å². The second kappa shape index (κ2) is 5.53. The van der Waals surface area contributed by atoms with E-state index in [0.717, 1.165) is 21.7 Å². The number of carbonyl (C=O) groups excluding carboxylic acids is 1. The quantitative estimate of drug-likeness (QED) is 0.941. The maximum atomic E-state index is 12.1. The number of carbonyl (C=O) groups is 1. The Morgan fingerprint density at radius 3 is 2.89 bits per heavy atom. The number of halogens is 1. The number of pyridine rings is 1. The summed E-state index contributed by atoms with van der Waals surface area (Å²) < 4.78 is 4.64. The highest BCUT2D eigenvalue weighted by Crippen LogP contribution is 2.21. The molecule has 2 aromatic heterocycles. The van der Waals surface area contributed by atoms with Crippen LogP contribution < -0.4 is 5.32 Å². The van der Waals surface area contributed by atoms with Crippen molar-refractivity contribution in [3.8, 4) is 0 Å². The lowest BCUT2D eigenvalue weighted by molar-refractivity contribution is 0.102. The van der Waals surface area contributed by atoms with E-state index in [1.54, 1.807) is 18.5 Å². The molecule has 0 aliphatic rings. The van der Waals surface area contributed by atoms with Gasteiger partial charge in [-0.05, 0) is 39.4 Å². The third-order valence-corrected chi connectivity index (χ3v) is 3.40. The molecule has 0 aromatic carbocycles. The van der Waals surface area contributed by atoms with Crippen molar-refractivity contribution in [1.82, 2.24) is 14.6 Å². The van der Waals surface area contributed by atoms with Gasteiger partial charge in [-0.2, -0.15) is 0 Å². The van der Waals surface area contributed by atoms with Crippen LogP contribution in [0.1, 0.15) is 35.1 Å². The number of anilines is 1. The zero-order valence-corrected chi connectivity index (χ0v) is 12.2. The molecule has 2 aromatic rings. The fourth-order valence-electron chi connectivity index (χ4n) is 1.40. The number of nitrogens with zero attached hydrogens (tertiary/aromatic N) is 3. The number of hydrogen-bond acceptors (Lipinski definition) is 5. The molecular formula is C11H11BrN4OS. The van der Waals surface area contributed by atoms with E-state index in [9.17, 15) is 4.79 Å². The fourth-order valence-corrected chi connectivity index (χ4v) is 2.48. The molecule has 1 N–H and O–H groups in total. The van der Waals surface area contributed by atoms with Crippen LogP contribution in [-0.2, 0) is 0 Å². The highest BCUT2D eigenvalue weighted by molar-refractivity contribution is 9.10. The first-order chi connectivity index (χ1) is 8.58. The normalized spacial score (nSPS) is 10.7. The minimum atomic E-state index is -0.200. The molecule has 18 heavy (non-hydrogen) atoms. The van der Waals surface area contributed by atoms with Gasteiger partial charge in [0.2, 0.25) is 0 Å². The van der Waals surface area contributed by atoms with Gasteiger partial charge in [-0.1, -0.05) is 18.3 Å². The maximum Gasteiger partial charge on any atom is 0.269 e. The van der Waals surface area contributed by atoms with Crippen molar-refractivity contribution in [2.24, 2.45) is 0 Å². The Labute approximate surface area is 117 Å². The lowest BCUT2D eigenvalue weighted by atomic mass is 10.1. The molecule has 0 aliphatic carbocycles. The minimum Gasteiger partial charge on any atom is -0.320 e. The lowest BCUT2D eigenvalue weighted by Gasteiger charge is -2.05. The van der Waals surface area contributed by atoms with Crippen LogP contribution in [0.15, 0.2) is 22.9 Å². The summed E-state index contributed by atoms with van der Waals surface area (Å²) in [6.45, 7) is 3.96. The van der Waals surface area contributed by atoms with Crippen molar-refractivity contribution < 1.29 is 4.79 Å². The second-order valence-electron chi connectivity index (χ2n) is 3.99. The molecule has 0 bridgehead atoms. The molecule has 0 unspecified atom stereocenters. The summed E-state index contributed by atoms with van der Waals surface area (Å²) in [5.74, 6) is -0.0289. The van der Waals surface area contributed by atoms with Gasteiger partial charge < -0.3 is 5.32 Å². The summed E-state index contributed by atoms with van der Waals surface area (Å²) in [5.41, 5.74) is 1.36. The molecule has 0 saturated heterocycles. The van der Waals surface area contributed by atoms with E-state index in [1.807, 2.05) is 13.8 Å². The monoisotopic (exact) mass is 326 g/mol. The smallest absolute Gasteiger partial charge is 0.269 e. The molecule has 1 amide bonds. The van der Waals surface area contributed by atoms with Gasteiger partial charge in [-0.3, -0.25) is 9.78 Å². The summed E-state index contributed by atoms with van der Waals surface area (Å²) in [5, 5.41) is 6.76. The van der Waals surface area contributed by atoms with Crippen molar-refractivity contribution in [3.63, 3.8) is 0 Å². The predicted molar refractivity (Wildman–Crippen MR) is 73.9 cm³/mol. The van der Waals surface area contributed by atoms with Crippen molar-refractivity contribution in [1.29, 1.82) is 0 Å². The second-order valence-corrected chi connectivity index (χ2v) is 5.66. The predicted octanol–water partition coefficient (Wildman–Crippen LogP) is 3.07. The average molecular weight is 327 g/mol. The van der Waals surface area contributed by atoms with Crippen molar-refractivity contribution >= 4 is 39.1 Å². The lowest BCUT2D eigenvalue weighted by Crippen LogP contribution is -2.13. The van der Waals surface area contributed by atoms with Crippen LogP contribution in [0.3, 0.4) is 0 Å². The highest BCUT2D eigenvalue weighted by Gasteiger charge is 2.18. The number of hydrogen-bond donors (Lipinski definition) is 1. The van der Waals surface area contributed by atoms with Crippen LogP contribution in [0.25, 0.3) is 0 Å². The molecule has 0 saturated carbocycles. The maximum absolute atomic E-state index is 12.1. The topological polar surface area (TPSA) is 67.8 Å². The van der Waals surface area contributed by atoms with Gasteiger partial charge >= 0.3 is 0 Å². The molecule has 0 fully saturated rings. The first-order valence-electron chi connectivity index (χ1n) is 5.32. The van der Waals surface area contributed by atoms with E-state index in [-0.39, 0.29) is 11.8 Å². The standard InChI is InChI=1S/C11H11BrN4OS/c1-6(2)9-10(18-16-15-9)11(17)14-8-3-7(12)4-13-5-8/h3-6H,1-2H3,(H,14,17). The average Bonchev–Trinajstić information content (AvgIpc) is 2.77. The van der Waals surface area contributed by atoms with Gasteiger partial charge in [-0.25, -0.2) is 0 Å². The zero-order chi connectivity index (χ0) is 13.1. The molecule has 0 aliphatic heterocycles. The summed E-state index contributed by atoms with van der Waals surface area (Å²) in [4.78, 5) is 16.6. The van der Waals surface area contributed by atoms with Gasteiger partial charge in [0.05, 0.1) is 17.6 Å². The Kier molecular flexibility index (Phi) is 4.03. The number of amides is 1. The Morgan fingerprint density at radius 2 is 2.22 bits per heavy atom. The first-order valence-corrected chi connectivity index (χ1v) is 6.88. The molecule has 0 spiro atoms. The Balaban J connectivity index is 2.20. The van der Waals surface area contributed by atoms with Gasteiger partial charge in [0.25, 0.3) is 5.91 Å². The fraction of sp³-hybridized carbons (Fsp3) is 0.273. The number of rotatable bonds is 3. The van der Waals surface area contributed by atoms with Gasteiger partial charge in [0, 0.05) is 10.7 Å². The SMILES string of the molecule is CC(C)c1nnsc1C(=O)Nc1cncc(Br)c1. The Morgan fingerprint density at radius 1 is 1.44 bits per heavy atom. The third kappa shape index (κ3) is 2.91. The summed E-state index contributed by atoms with van der Waals surface area (Å²) in [6.07, 6.45) is 3.25. The minimum absolute atomic E-state index is 0.171. The third-order valence-electron chi connectivity index (χ3n) is 2.23. The van der Waals surface area contributed by atoms with Crippen LogP contribution in [0, 0.1) is 0 Å². The van der Waals surface area contributed by atoms with Crippen LogP contribution in [-0.4, -0.2) is 20.5 Å². The van der Waals surface area contributed by atoms with Crippen molar-refractivity contribution in [2.75, 3.05) is 5.32 Å². The van der Waals surface area contributed by atoms with E-state index < -0.39 is 0 Å². The zero-order valence-electron chi connectivity index (χ0n) is 9.85. The van der Waals surface area contributed by atoms with E-state index in [4.69, 9.17) is 0 Å². The molecule has 0 atom stereocenters. The summed E-state index contributed by atoms with van der Waals surface area (Å²) in [6, 6.07) is 1.79. The van der Waals surface area contributed by atoms with Gasteiger partial charge in [-0.15, -0.1) is 5.10 Å². The molecule has 2 heterocycles. The van der Waals surface area contributed by atoms with Crippen molar-refractivity contribution in [2.45, 2.75) is 19.8 Å². The highest BCUT2D eigenvalue weighted by atomic mass is 79.9. The Hall–Kier alpha value is -1.34. The molecule has 94 valence electrons.